The van der Waals surface area contributed by atoms with Crippen LogP contribution < -0.4 is 0 Å². The van der Waals surface area contributed by atoms with Gasteiger partial charge < -0.3 is 0 Å². The van der Waals surface area contributed by atoms with E-state index in [9.17, 15) is 14.9 Å². The molecule has 4 heteroatoms. The maximum atomic E-state index is 11.9. The highest BCUT2D eigenvalue weighted by atomic mass is 16.2. The maximum absolute atomic E-state index is 11.9. The van der Waals surface area contributed by atoms with Crippen molar-refractivity contribution in [3.8, 4) is 6.07 Å². The maximum Gasteiger partial charge on any atom is 0.146 e. The van der Waals surface area contributed by atoms with E-state index in [2.05, 4.69) is 6.07 Å². The van der Waals surface area contributed by atoms with Crippen LogP contribution in [0.2, 0.25) is 0 Å². The van der Waals surface area contributed by atoms with Gasteiger partial charge in [-0.3, -0.25) is 14.5 Å². The molecule has 17 heavy (non-hydrogen) atoms. The van der Waals surface area contributed by atoms with Crippen LogP contribution in [0.25, 0.3) is 0 Å². The van der Waals surface area contributed by atoms with Gasteiger partial charge in [0.1, 0.15) is 17.1 Å². The first kappa shape index (κ1) is 12.3. The minimum absolute atomic E-state index is 0.104. The number of nitrogens with zero attached hydrogens (tertiary/aromatic N) is 2. The second-order valence-corrected chi connectivity index (χ2v) is 5.47. The molecule has 0 atom stereocenters. The van der Waals surface area contributed by atoms with Gasteiger partial charge in [-0.05, 0) is 39.8 Å². The van der Waals surface area contributed by atoms with E-state index in [1.807, 2.05) is 19.0 Å². The summed E-state index contributed by atoms with van der Waals surface area (Å²) in [5.74, 6) is 0.209. The van der Waals surface area contributed by atoms with Crippen molar-refractivity contribution < 1.29 is 9.59 Å². The van der Waals surface area contributed by atoms with E-state index in [1.54, 1.807) is 0 Å². The van der Waals surface area contributed by atoms with Crippen molar-refractivity contribution in [2.45, 2.75) is 44.1 Å². The molecule has 2 rings (SSSR count). The number of rotatable bonds is 1. The van der Waals surface area contributed by atoms with Gasteiger partial charge in [0.05, 0.1) is 11.5 Å². The molecule has 0 heterocycles. The Morgan fingerprint density at radius 1 is 1.06 bits per heavy atom. The van der Waals surface area contributed by atoms with Crippen LogP contribution in [0.15, 0.2) is 0 Å². The Morgan fingerprint density at radius 3 is 1.88 bits per heavy atom. The number of Topliss-reactive ketones (excluding diaryl/α,β-unsaturated/α-hetero) is 2. The monoisotopic (exact) mass is 234 g/mol. The van der Waals surface area contributed by atoms with E-state index in [0.717, 1.165) is 0 Å². The van der Waals surface area contributed by atoms with Crippen LogP contribution in [0.1, 0.15) is 38.5 Å². The average molecular weight is 234 g/mol. The van der Waals surface area contributed by atoms with Gasteiger partial charge in [-0.1, -0.05) is 0 Å². The Balaban J connectivity index is 2.21. The van der Waals surface area contributed by atoms with E-state index in [4.69, 9.17) is 0 Å². The highest BCUT2D eigenvalue weighted by molar-refractivity contribution is 6.12. The molecule has 4 nitrogen and oxygen atoms in total. The molecule has 0 radical (unpaired) electrons. The van der Waals surface area contributed by atoms with Crippen molar-refractivity contribution >= 4 is 11.6 Å². The number of hydrogen-bond donors (Lipinski definition) is 0. The second-order valence-electron chi connectivity index (χ2n) is 5.47. The third-order valence-corrected chi connectivity index (χ3v) is 4.64. The van der Waals surface area contributed by atoms with Gasteiger partial charge in [0.2, 0.25) is 0 Å². The molecule has 2 saturated carbocycles. The zero-order chi connectivity index (χ0) is 12.7. The van der Waals surface area contributed by atoms with Gasteiger partial charge in [-0.2, -0.15) is 5.26 Å². The molecule has 2 aliphatic rings. The average Bonchev–Trinajstić information content (AvgIpc) is 2.59. The molecule has 0 bridgehead atoms. The van der Waals surface area contributed by atoms with Crippen LogP contribution in [0.3, 0.4) is 0 Å². The van der Waals surface area contributed by atoms with Crippen molar-refractivity contribution in [3.63, 3.8) is 0 Å². The summed E-state index contributed by atoms with van der Waals surface area (Å²) in [6, 6.07) is 2.36. The molecule has 0 unspecified atom stereocenters. The molecule has 1 spiro atoms. The zero-order valence-electron chi connectivity index (χ0n) is 10.5. The molecular weight excluding hydrogens is 216 g/mol. The van der Waals surface area contributed by atoms with Crippen LogP contribution in [0, 0.1) is 16.7 Å². The summed E-state index contributed by atoms with van der Waals surface area (Å²) in [5.41, 5.74) is -1.22. The lowest BCUT2D eigenvalue weighted by molar-refractivity contribution is -0.138. The van der Waals surface area contributed by atoms with Gasteiger partial charge in [0.15, 0.2) is 0 Å². The SMILES string of the molecule is CN(C)C1(C#N)CCC2(CC1)C(=O)CCC2=O. The van der Waals surface area contributed by atoms with Gasteiger partial charge in [-0.15, -0.1) is 0 Å². The van der Waals surface area contributed by atoms with E-state index < -0.39 is 11.0 Å². The lowest BCUT2D eigenvalue weighted by Crippen LogP contribution is -2.50. The van der Waals surface area contributed by atoms with Crippen molar-refractivity contribution in [1.82, 2.24) is 4.90 Å². The Labute approximate surface area is 102 Å². The molecule has 2 aliphatic carbocycles. The number of hydrogen-bond acceptors (Lipinski definition) is 4. The molecule has 0 aromatic heterocycles. The second kappa shape index (κ2) is 3.92. The normalized spacial score (nSPS) is 26.5. The summed E-state index contributed by atoms with van der Waals surface area (Å²) >= 11 is 0. The molecule has 0 aliphatic heterocycles. The summed E-state index contributed by atoms with van der Waals surface area (Å²) < 4.78 is 0. The third-order valence-electron chi connectivity index (χ3n) is 4.64. The summed E-state index contributed by atoms with van der Waals surface area (Å²) in [6.45, 7) is 0. The Morgan fingerprint density at radius 2 is 1.53 bits per heavy atom. The first-order valence-corrected chi connectivity index (χ1v) is 6.12. The van der Waals surface area contributed by atoms with Crippen molar-refractivity contribution in [3.05, 3.63) is 0 Å². The Bertz CT molecular complexity index is 380. The lowest BCUT2D eigenvalue weighted by atomic mass is 9.65. The minimum atomic E-state index is -0.726. The fourth-order valence-electron chi connectivity index (χ4n) is 3.17. The standard InChI is InChI=1S/C13H18N2O2/c1-15(2)12(9-14)5-7-13(8-6-12)10(16)3-4-11(13)17/h3-8H2,1-2H3. The van der Waals surface area contributed by atoms with Crippen LogP contribution in [0.4, 0.5) is 0 Å². The van der Waals surface area contributed by atoms with Gasteiger partial charge in [-0.25, -0.2) is 0 Å². The first-order chi connectivity index (χ1) is 7.97. The first-order valence-electron chi connectivity index (χ1n) is 6.12. The molecule has 0 saturated heterocycles. The third kappa shape index (κ3) is 1.61. The molecule has 0 aromatic carbocycles. The van der Waals surface area contributed by atoms with Gasteiger partial charge >= 0.3 is 0 Å². The summed E-state index contributed by atoms with van der Waals surface area (Å²) in [5, 5.41) is 9.31. The molecule has 0 amide bonds. The number of carbonyl (C=O) groups is 2. The lowest BCUT2D eigenvalue weighted by Gasteiger charge is -2.42. The van der Waals surface area contributed by atoms with Crippen LogP contribution in [-0.2, 0) is 9.59 Å². The fraction of sp³-hybridized carbons (Fsp3) is 0.769. The quantitative estimate of drug-likeness (QED) is 0.642. The Kier molecular flexibility index (Phi) is 2.82. The van der Waals surface area contributed by atoms with Crippen LogP contribution >= 0.6 is 0 Å². The van der Waals surface area contributed by atoms with E-state index in [-0.39, 0.29) is 11.6 Å². The zero-order valence-corrected chi connectivity index (χ0v) is 10.5. The predicted octanol–water partition coefficient (Wildman–Crippen LogP) is 1.30. The van der Waals surface area contributed by atoms with E-state index in [0.29, 0.717) is 38.5 Å². The molecule has 92 valence electrons. The van der Waals surface area contributed by atoms with E-state index in [1.165, 1.54) is 0 Å². The molecule has 0 aromatic rings. The number of carbonyl (C=O) groups excluding carboxylic acids is 2. The number of nitriles is 1. The summed E-state index contributed by atoms with van der Waals surface area (Å²) in [6.07, 6.45) is 3.15. The van der Waals surface area contributed by atoms with Gasteiger partial charge in [0, 0.05) is 12.8 Å². The highest BCUT2D eigenvalue weighted by Gasteiger charge is 2.54. The van der Waals surface area contributed by atoms with Crippen molar-refractivity contribution in [2.75, 3.05) is 14.1 Å². The predicted molar refractivity (Wildman–Crippen MR) is 62.2 cm³/mol. The van der Waals surface area contributed by atoms with Crippen LogP contribution in [0.5, 0.6) is 0 Å². The fourth-order valence-corrected chi connectivity index (χ4v) is 3.17. The van der Waals surface area contributed by atoms with Crippen LogP contribution in [-0.4, -0.2) is 36.1 Å². The largest absolute Gasteiger partial charge is 0.299 e. The summed E-state index contributed by atoms with van der Waals surface area (Å²) in [4.78, 5) is 25.7. The molecule has 0 N–H and O–H groups in total. The number of ketones is 2. The minimum Gasteiger partial charge on any atom is -0.299 e. The molecular formula is C13H18N2O2. The smallest absolute Gasteiger partial charge is 0.146 e. The van der Waals surface area contributed by atoms with Crippen molar-refractivity contribution in [2.24, 2.45) is 5.41 Å². The topological polar surface area (TPSA) is 61.2 Å². The van der Waals surface area contributed by atoms with E-state index >= 15 is 0 Å². The highest BCUT2D eigenvalue weighted by Crippen LogP contribution is 2.48. The summed E-state index contributed by atoms with van der Waals surface area (Å²) in [7, 11) is 3.78. The Hall–Kier alpha value is -1.21. The molecule has 2 fully saturated rings. The van der Waals surface area contributed by atoms with Gasteiger partial charge in [0.25, 0.3) is 0 Å². The van der Waals surface area contributed by atoms with Crippen molar-refractivity contribution in [1.29, 1.82) is 5.26 Å².